The molecule has 2 fully saturated rings. The SMILES string of the molecule is [2H]C([2H])(N1CCN(c2cccc(C)c2Cl)CC1)C([2H])([2H])[C@]1([2H])C([2H])([2H])C([2H])([2H])[C@@]([2H])(NC(=O)NC)C([2H])([2H])C1([2H])[2H]. The van der Waals surface area contributed by atoms with Crippen LogP contribution in [0, 0.1) is 12.8 Å². The number of piperazine rings is 1. The molecule has 27 heavy (non-hydrogen) atoms. The van der Waals surface area contributed by atoms with Crippen LogP contribution < -0.4 is 15.5 Å². The van der Waals surface area contributed by atoms with Crippen molar-refractivity contribution in [2.45, 2.75) is 44.8 Å². The number of urea groups is 1. The smallest absolute Gasteiger partial charge is 0.314 e. The first kappa shape index (κ1) is 8.91. The van der Waals surface area contributed by atoms with Crippen molar-refractivity contribution >= 4 is 23.3 Å². The second-order valence-corrected chi connectivity index (χ2v) is 6.45. The molecule has 2 aliphatic rings. The number of hydrogen-bond acceptors (Lipinski definition) is 3. The molecule has 1 aliphatic carbocycles. The molecule has 0 spiro atoms. The van der Waals surface area contributed by atoms with E-state index in [0.717, 1.165) is 17.5 Å². The average Bonchev–Trinajstić information content (AvgIpc) is 2.88. The van der Waals surface area contributed by atoms with Gasteiger partial charge in [-0.2, -0.15) is 0 Å². The summed E-state index contributed by atoms with van der Waals surface area (Å²) in [5.74, 6) is -4.13. The highest BCUT2D eigenvalue weighted by atomic mass is 35.5. The Bertz CT molecular complexity index is 1160. The fraction of sp³-hybridized carbons (Fsp3) is 0.667. The Hall–Kier alpha value is -1.46. The normalized spacial score (nSPS) is 45.5. The summed E-state index contributed by atoms with van der Waals surface area (Å²) in [6, 6.07) is 0.293. The van der Waals surface area contributed by atoms with E-state index in [1.54, 1.807) is 17.4 Å². The van der Waals surface area contributed by atoms with Gasteiger partial charge in [0.2, 0.25) is 0 Å². The third-order valence-corrected chi connectivity index (χ3v) is 4.71. The van der Waals surface area contributed by atoms with E-state index in [9.17, 15) is 4.79 Å². The predicted molar refractivity (Wildman–Crippen MR) is 113 cm³/mol. The van der Waals surface area contributed by atoms with E-state index in [1.165, 1.54) is 0 Å². The molecule has 1 heterocycles. The summed E-state index contributed by atoms with van der Waals surface area (Å²) in [6.45, 7) is -1.64. The Kier molecular flexibility index (Phi) is 3.19. The summed E-state index contributed by atoms with van der Waals surface area (Å²) < 4.78 is 120. The molecule has 1 aromatic rings. The fourth-order valence-corrected chi connectivity index (χ4v) is 2.93. The molecule has 150 valence electrons. The van der Waals surface area contributed by atoms with E-state index >= 15 is 0 Å². The molecule has 1 aromatic carbocycles. The van der Waals surface area contributed by atoms with Crippen LogP contribution in [0.3, 0.4) is 0 Å². The lowest BCUT2D eigenvalue weighted by atomic mass is 9.84. The van der Waals surface area contributed by atoms with Crippen molar-refractivity contribution in [3.8, 4) is 0 Å². The van der Waals surface area contributed by atoms with Gasteiger partial charge in [-0.15, -0.1) is 0 Å². The Morgan fingerprint density at radius 1 is 1.30 bits per heavy atom. The zero-order valence-electron chi connectivity index (χ0n) is 29.2. The van der Waals surface area contributed by atoms with Crippen LogP contribution in [0.25, 0.3) is 0 Å². The van der Waals surface area contributed by atoms with Gasteiger partial charge in [0.25, 0.3) is 0 Å². The van der Waals surface area contributed by atoms with Gasteiger partial charge in [-0.05, 0) is 62.8 Å². The molecule has 2 amide bonds. The molecular formula is C21H33ClN4O. The monoisotopic (exact) mass is 406 g/mol. The minimum Gasteiger partial charge on any atom is -0.368 e. The topological polar surface area (TPSA) is 47.6 Å². The number of rotatable bonds is 5. The quantitative estimate of drug-likeness (QED) is 0.784. The Labute approximate surface area is 188 Å². The van der Waals surface area contributed by atoms with Crippen molar-refractivity contribution in [3.63, 3.8) is 0 Å². The lowest BCUT2D eigenvalue weighted by Crippen LogP contribution is -2.47. The lowest BCUT2D eigenvalue weighted by molar-refractivity contribution is 0.206. The molecule has 1 aliphatic heterocycles. The number of carbonyl (C=O) groups excluding carboxylic acids is 1. The van der Waals surface area contributed by atoms with Crippen LogP contribution >= 0.6 is 11.6 Å². The average molecular weight is 407 g/mol. The lowest BCUT2D eigenvalue weighted by Gasteiger charge is -2.37. The fourth-order valence-electron chi connectivity index (χ4n) is 2.68. The van der Waals surface area contributed by atoms with Gasteiger partial charge >= 0.3 is 6.03 Å². The van der Waals surface area contributed by atoms with Gasteiger partial charge in [0.1, 0.15) is 0 Å². The van der Waals surface area contributed by atoms with Gasteiger partial charge in [-0.25, -0.2) is 4.79 Å². The molecule has 1 saturated heterocycles. The first-order chi connectivity index (χ1) is 18.3. The molecule has 0 radical (unpaired) electrons. The molecule has 5 nitrogen and oxygen atoms in total. The van der Waals surface area contributed by atoms with Crippen LogP contribution in [-0.2, 0) is 0 Å². The largest absolute Gasteiger partial charge is 0.368 e. The summed E-state index contributed by atoms with van der Waals surface area (Å²) in [4.78, 5) is 14.8. The van der Waals surface area contributed by atoms with Gasteiger partial charge in [0, 0.05) is 57.1 Å². The van der Waals surface area contributed by atoms with E-state index in [4.69, 9.17) is 30.8 Å². The molecule has 6 heteroatoms. The van der Waals surface area contributed by atoms with E-state index in [2.05, 4.69) is 0 Å². The van der Waals surface area contributed by atoms with Gasteiger partial charge < -0.3 is 15.5 Å². The van der Waals surface area contributed by atoms with Crippen molar-refractivity contribution in [1.29, 1.82) is 0 Å². The standard InChI is InChI=1S/C21H33ClN4O/c1-16-4-3-5-19(20(16)22)26-14-12-25(13-15-26)11-10-17-6-8-18(9-7-17)24-21(27)23-2/h3-5,17-18H,6-15H2,1-2H3,(H2,23,24,27)/t17-,18-/i6D2,7D2,8D2,9D2,10D2,11D2,17D,18D. The maximum absolute atomic E-state index is 12.1. The number of hydrogen-bond donors (Lipinski definition) is 2. The molecule has 1 saturated carbocycles. The molecular weight excluding hydrogens is 360 g/mol. The van der Waals surface area contributed by atoms with Crippen LogP contribution in [0.5, 0.6) is 0 Å². The second-order valence-electron chi connectivity index (χ2n) is 6.07. The van der Waals surface area contributed by atoms with Gasteiger partial charge in [-0.1, -0.05) is 23.7 Å². The summed E-state index contributed by atoms with van der Waals surface area (Å²) in [7, 11) is 1.05. The molecule has 2 N–H and O–H groups in total. The number of amides is 2. The van der Waals surface area contributed by atoms with Crippen molar-refractivity contribution in [2.75, 3.05) is 44.6 Å². The molecule has 0 aromatic heterocycles. The van der Waals surface area contributed by atoms with Gasteiger partial charge in [0.05, 0.1) is 12.1 Å². The van der Waals surface area contributed by atoms with Crippen LogP contribution in [0.4, 0.5) is 10.5 Å². The van der Waals surface area contributed by atoms with Gasteiger partial charge in [0.15, 0.2) is 0 Å². The second kappa shape index (κ2) is 9.65. The summed E-state index contributed by atoms with van der Waals surface area (Å²) in [6.07, 6.45) is -20.0. The van der Waals surface area contributed by atoms with E-state index in [-0.39, 0.29) is 26.2 Å². The first-order valence-electron chi connectivity index (χ1n) is 15.6. The van der Waals surface area contributed by atoms with Crippen LogP contribution in [0.1, 0.15) is 56.6 Å². The minimum atomic E-state index is -4.13. The number of halogens is 1. The number of anilines is 1. The van der Waals surface area contributed by atoms with Crippen molar-refractivity contribution in [3.05, 3.63) is 28.8 Å². The number of nitrogens with one attached hydrogen (secondary N) is 2. The maximum Gasteiger partial charge on any atom is 0.314 e. The zero-order chi connectivity index (χ0) is 31.8. The first-order valence-corrected chi connectivity index (χ1v) is 8.98. The molecule has 0 bridgehead atoms. The maximum atomic E-state index is 12.1. The summed E-state index contributed by atoms with van der Waals surface area (Å²) in [5.41, 5.74) is 1.46. The van der Waals surface area contributed by atoms with E-state index < -0.39 is 56.3 Å². The van der Waals surface area contributed by atoms with Crippen LogP contribution in [-0.4, -0.2) is 56.7 Å². The molecule has 0 atom stereocenters. The summed E-state index contributed by atoms with van der Waals surface area (Å²) >= 11 is 6.41. The minimum absolute atomic E-state index is 0.122. The zero-order valence-corrected chi connectivity index (χ0v) is 16.0. The number of benzene rings is 1. The number of carbonyl (C=O) groups is 1. The highest BCUT2D eigenvalue weighted by molar-refractivity contribution is 6.34. The van der Waals surface area contributed by atoms with Crippen LogP contribution in [0.15, 0.2) is 18.2 Å². The predicted octanol–water partition coefficient (Wildman–Crippen LogP) is 3.65. The third kappa shape index (κ3) is 5.52. The Balaban J connectivity index is 2.09. The Morgan fingerprint density at radius 2 is 2.00 bits per heavy atom. The van der Waals surface area contributed by atoms with E-state index in [0.29, 0.717) is 10.7 Å². The van der Waals surface area contributed by atoms with Gasteiger partial charge in [-0.3, -0.25) is 4.90 Å². The highest BCUT2D eigenvalue weighted by Crippen LogP contribution is 2.30. The third-order valence-electron chi connectivity index (χ3n) is 4.22. The van der Waals surface area contributed by atoms with Crippen LogP contribution in [0.2, 0.25) is 5.02 Å². The van der Waals surface area contributed by atoms with Crippen molar-refractivity contribution in [2.24, 2.45) is 5.89 Å². The summed E-state index contributed by atoms with van der Waals surface area (Å²) in [5, 5.41) is 4.05. The molecule has 0 unspecified atom stereocenters. The Morgan fingerprint density at radius 3 is 2.67 bits per heavy atom. The molecule has 3 rings (SSSR count). The number of aryl methyl sites for hydroxylation is 1. The highest BCUT2D eigenvalue weighted by Gasteiger charge is 2.24. The van der Waals surface area contributed by atoms with Crippen molar-refractivity contribution < 1.29 is 24.0 Å². The number of nitrogens with zero attached hydrogens (tertiary/aromatic N) is 2. The van der Waals surface area contributed by atoms with Crippen molar-refractivity contribution in [1.82, 2.24) is 15.5 Å². The van der Waals surface area contributed by atoms with E-state index in [1.807, 2.05) is 23.2 Å².